The Morgan fingerprint density at radius 3 is 2.15 bits per heavy atom. The van der Waals surface area contributed by atoms with Crippen molar-refractivity contribution < 1.29 is 27.7 Å². The van der Waals surface area contributed by atoms with E-state index in [9.17, 15) is 13.5 Å². The van der Waals surface area contributed by atoms with Crippen LogP contribution in [0.5, 0.6) is 23.1 Å². The van der Waals surface area contributed by atoms with Gasteiger partial charge in [0.1, 0.15) is 12.4 Å². The lowest BCUT2D eigenvalue weighted by Crippen LogP contribution is -2.11. The third kappa shape index (κ3) is 7.00. The summed E-state index contributed by atoms with van der Waals surface area (Å²) in [6, 6.07) is 14.8. The van der Waals surface area contributed by atoms with Gasteiger partial charge in [-0.05, 0) is 41.3 Å². The van der Waals surface area contributed by atoms with Gasteiger partial charge in [0.2, 0.25) is 10.0 Å². The molecule has 0 bridgehead atoms. The molecule has 0 atom stereocenters. The predicted molar refractivity (Wildman–Crippen MR) is 150 cm³/mol. The Labute approximate surface area is 233 Å². The van der Waals surface area contributed by atoms with E-state index in [0.717, 1.165) is 5.56 Å². The molecule has 2 aromatic heterocycles. The fraction of sp³-hybridized carbons (Fsp3) is 0.259. The number of para-hydroxylation sites is 2. The van der Waals surface area contributed by atoms with Gasteiger partial charge in [0, 0.05) is 18.2 Å². The highest BCUT2D eigenvalue weighted by Gasteiger charge is 2.21. The summed E-state index contributed by atoms with van der Waals surface area (Å²) in [7, 11) is -2.80. The van der Waals surface area contributed by atoms with Crippen LogP contribution in [0.2, 0.25) is 0 Å². The SMILES string of the molecule is COc1ccccc1Oc1c([N-]S(=O)(=O)c2ccc(C(C)(C)C)cc2)nc(-c2ncccn2)nc1OCCO.[NH4+]. The van der Waals surface area contributed by atoms with Crippen LogP contribution in [-0.4, -0.2) is 53.8 Å². The van der Waals surface area contributed by atoms with Crippen molar-refractivity contribution in [2.45, 2.75) is 31.1 Å². The first-order chi connectivity index (χ1) is 18.6. The predicted octanol–water partition coefficient (Wildman–Crippen LogP) is 5.17. The highest BCUT2D eigenvalue weighted by atomic mass is 32.2. The second-order valence-electron chi connectivity index (χ2n) is 9.24. The molecule has 12 nitrogen and oxygen atoms in total. The molecule has 0 aliphatic rings. The molecule has 5 N–H and O–H groups in total. The minimum Gasteiger partial charge on any atom is -0.493 e. The molecule has 0 radical (unpaired) electrons. The van der Waals surface area contributed by atoms with E-state index in [-0.39, 0.29) is 64.5 Å². The van der Waals surface area contributed by atoms with Crippen LogP contribution < -0.4 is 20.4 Å². The number of quaternary nitrogens is 1. The van der Waals surface area contributed by atoms with Crippen molar-refractivity contribution in [3.63, 3.8) is 0 Å². The van der Waals surface area contributed by atoms with Crippen molar-refractivity contribution in [2.24, 2.45) is 0 Å². The molecule has 0 spiro atoms. The van der Waals surface area contributed by atoms with Gasteiger partial charge in [-0.3, -0.25) is 0 Å². The molecule has 0 amide bonds. The Bertz CT molecular complexity index is 1530. The summed E-state index contributed by atoms with van der Waals surface area (Å²) in [5.41, 5.74) is 0.803. The number of aliphatic hydroxyl groups is 1. The van der Waals surface area contributed by atoms with Gasteiger partial charge in [-0.2, -0.15) is 0 Å². The zero-order chi connectivity index (χ0) is 28.0. The van der Waals surface area contributed by atoms with Crippen LogP contribution in [0.1, 0.15) is 26.3 Å². The van der Waals surface area contributed by atoms with Crippen molar-refractivity contribution in [3.8, 4) is 34.8 Å². The van der Waals surface area contributed by atoms with E-state index in [1.807, 2.05) is 20.8 Å². The Hall–Kier alpha value is -4.33. The molecule has 0 aliphatic heterocycles. The molecule has 0 saturated heterocycles. The van der Waals surface area contributed by atoms with Crippen LogP contribution >= 0.6 is 0 Å². The second kappa shape index (κ2) is 12.7. The summed E-state index contributed by atoms with van der Waals surface area (Å²) < 4.78 is 47.9. The summed E-state index contributed by atoms with van der Waals surface area (Å²) in [6.07, 6.45) is 2.98. The van der Waals surface area contributed by atoms with Crippen molar-refractivity contribution in [1.29, 1.82) is 0 Å². The molecule has 40 heavy (non-hydrogen) atoms. The maximum absolute atomic E-state index is 13.4. The van der Waals surface area contributed by atoms with E-state index in [1.54, 1.807) is 42.5 Å². The Kier molecular flexibility index (Phi) is 9.58. The van der Waals surface area contributed by atoms with Crippen LogP contribution in [0.3, 0.4) is 0 Å². The number of ether oxygens (including phenoxy) is 3. The third-order valence-electron chi connectivity index (χ3n) is 5.42. The first-order valence-electron chi connectivity index (χ1n) is 11.9. The molecule has 0 aliphatic carbocycles. The van der Waals surface area contributed by atoms with Gasteiger partial charge in [-0.1, -0.05) is 45.0 Å². The van der Waals surface area contributed by atoms with Crippen molar-refractivity contribution in [2.75, 3.05) is 20.3 Å². The van der Waals surface area contributed by atoms with Gasteiger partial charge in [-0.25, -0.2) is 23.4 Å². The van der Waals surface area contributed by atoms with Gasteiger partial charge in [-0.15, -0.1) is 0 Å². The summed E-state index contributed by atoms with van der Waals surface area (Å²) in [4.78, 5) is 16.9. The maximum atomic E-state index is 13.4. The summed E-state index contributed by atoms with van der Waals surface area (Å²) in [6.45, 7) is 5.61. The fourth-order valence-corrected chi connectivity index (χ4v) is 4.37. The van der Waals surface area contributed by atoms with E-state index in [2.05, 4.69) is 24.7 Å². The molecule has 2 heterocycles. The van der Waals surface area contributed by atoms with Gasteiger partial charge in [0.15, 0.2) is 23.1 Å². The lowest BCUT2D eigenvalue weighted by atomic mass is 9.87. The fourth-order valence-electron chi connectivity index (χ4n) is 3.43. The zero-order valence-electron chi connectivity index (χ0n) is 22.9. The molecular formula is C27H32N6O6S. The van der Waals surface area contributed by atoms with Crippen LogP contribution in [0.15, 0.2) is 71.9 Å². The van der Waals surface area contributed by atoms with Gasteiger partial charge >= 0.3 is 0 Å². The smallest absolute Gasteiger partial charge is 0.257 e. The largest absolute Gasteiger partial charge is 0.493 e. The summed E-state index contributed by atoms with van der Waals surface area (Å²) in [5.74, 6) is -0.0261. The number of hydrogen-bond donors (Lipinski definition) is 2. The van der Waals surface area contributed by atoms with Gasteiger partial charge in [0.05, 0.1) is 18.6 Å². The van der Waals surface area contributed by atoms with Crippen LogP contribution in [0.4, 0.5) is 5.82 Å². The monoisotopic (exact) mass is 568 g/mol. The topological polar surface area (TPSA) is 184 Å². The van der Waals surface area contributed by atoms with Crippen LogP contribution in [-0.2, 0) is 15.4 Å². The number of aliphatic hydroxyl groups excluding tert-OH is 1. The number of hydrogen-bond acceptors (Lipinski definition) is 10. The van der Waals surface area contributed by atoms with Gasteiger partial charge in [0.25, 0.3) is 5.88 Å². The average molecular weight is 569 g/mol. The molecule has 0 saturated carbocycles. The third-order valence-corrected chi connectivity index (χ3v) is 6.70. The van der Waals surface area contributed by atoms with E-state index in [0.29, 0.717) is 5.75 Å². The van der Waals surface area contributed by atoms with E-state index in [1.165, 1.54) is 31.6 Å². The summed E-state index contributed by atoms with van der Waals surface area (Å²) >= 11 is 0. The zero-order valence-corrected chi connectivity index (χ0v) is 23.7. The minimum atomic E-state index is -4.26. The minimum absolute atomic E-state index is 0. The van der Waals surface area contributed by atoms with E-state index in [4.69, 9.17) is 14.2 Å². The van der Waals surface area contributed by atoms with Crippen molar-refractivity contribution in [3.05, 3.63) is 77.3 Å². The molecule has 13 heteroatoms. The molecule has 212 valence electrons. The standard InChI is InChI=1S/C27H28N5O6S.H3N/c1-27(2,3)18-10-12-19(13-11-18)39(34,35)32-23-22(38-21-9-6-5-8-20(21)36-4)26(37-17-16-33)31-25(30-23)24-28-14-7-15-29-24;/h5-15,33H,16-17H2,1-4H3;1H3/q-1;/p+1. The molecule has 4 rings (SSSR count). The number of sulfonamides is 1. The highest BCUT2D eigenvalue weighted by Crippen LogP contribution is 2.45. The van der Waals surface area contributed by atoms with E-state index < -0.39 is 10.0 Å². The van der Waals surface area contributed by atoms with Gasteiger partial charge < -0.3 is 35.2 Å². The highest BCUT2D eigenvalue weighted by molar-refractivity contribution is 7.94. The molecule has 0 unspecified atom stereocenters. The quantitative estimate of drug-likeness (QED) is 0.258. The molecule has 0 fully saturated rings. The number of rotatable bonds is 10. The lowest BCUT2D eigenvalue weighted by Gasteiger charge is -2.24. The van der Waals surface area contributed by atoms with E-state index >= 15 is 0 Å². The number of benzene rings is 2. The summed E-state index contributed by atoms with van der Waals surface area (Å²) in [5, 5.41) is 9.39. The van der Waals surface area contributed by atoms with Crippen LogP contribution in [0, 0.1) is 0 Å². The number of methoxy groups -OCH3 is 1. The van der Waals surface area contributed by atoms with Crippen molar-refractivity contribution >= 4 is 15.8 Å². The second-order valence-corrected chi connectivity index (χ2v) is 10.8. The Balaban J connectivity index is 0.00000441. The number of nitrogens with zero attached hydrogens (tertiary/aromatic N) is 5. The normalized spacial score (nSPS) is 11.3. The van der Waals surface area contributed by atoms with Crippen LogP contribution in [0.25, 0.3) is 16.4 Å². The van der Waals surface area contributed by atoms with Crippen molar-refractivity contribution in [1.82, 2.24) is 26.1 Å². The average Bonchev–Trinajstić information content (AvgIpc) is 2.93. The lowest BCUT2D eigenvalue weighted by molar-refractivity contribution is 0.192. The first kappa shape index (κ1) is 30.2. The molecule has 4 aromatic rings. The maximum Gasteiger partial charge on any atom is 0.257 e. The molecule has 2 aromatic carbocycles. The first-order valence-corrected chi connectivity index (χ1v) is 13.4. The molecular weight excluding hydrogens is 536 g/mol. The Morgan fingerprint density at radius 2 is 1.55 bits per heavy atom. The Morgan fingerprint density at radius 1 is 0.900 bits per heavy atom. The number of aromatic nitrogens is 4.